The Labute approximate surface area is 129 Å². The Balaban J connectivity index is 2.23. The number of aromatic hydroxyl groups is 1. The quantitative estimate of drug-likeness (QED) is 0.883. The van der Waals surface area contributed by atoms with E-state index in [1.807, 2.05) is 49.3 Å². The van der Waals surface area contributed by atoms with Crippen LogP contribution in [-0.4, -0.2) is 26.3 Å². The van der Waals surface area contributed by atoms with E-state index in [1.165, 1.54) is 7.11 Å². The number of rotatable bonds is 5. The standard InChI is InChI=1S/C16H19ClN2O2/c1-19(2)15-12(17)7-5-8-13(15)18-10-11-6-4-9-14(21-3)16(11)20/h4-9,18,20H,10H2,1-3H3. The van der Waals surface area contributed by atoms with Crippen molar-refractivity contribution in [2.45, 2.75) is 6.54 Å². The molecule has 2 N–H and O–H groups in total. The molecule has 0 radical (unpaired) electrons. The summed E-state index contributed by atoms with van der Waals surface area (Å²) in [6.07, 6.45) is 0. The molecule has 0 unspecified atom stereocenters. The summed E-state index contributed by atoms with van der Waals surface area (Å²) in [5, 5.41) is 14.1. The van der Waals surface area contributed by atoms with Crippen LogP contribution in [0.5, 0.6) is 11.5 Å². The molecular weight excluding hydrogens is 288 g/mol. The first-order valence-electron chi connectivity index (χ1n) is 6.59. The first kappa shape index (κ1) is 15.3. The molecule has 21 heavy (non-hydrogen) atoms. The van der Waals surface area contributed by atoms with E-state index in [0.717, 1.165) is 16.9 Å². The zero-order chi connectivity index (χ0) is 15.4. The molecule has 0 fully saturated rings. The fourth-order valence-corrected chi connectivity index (χ4v) is 2.52. The maximum atomic E-state index is 10.1. The number of nitrogens with zero attached hydrogens (tertiary/aromatic N) is 1. The third-order valence-corrected chi connectivity index (χ3v) is 3.51. The van der Waals surface area contributed by atoms with Crippen molar-refractivity contribution in [1.29, 1.82) is 0 Å². The van der Waals surface area contributed by atoms with Crippen LogP contribution in [0.4, 0.5) is 11.4 Å². The molecule has 4 nitrogen and oxygen atoms in total. The lowest BCUT2D eigenvalue weighted by Crippen LogP contribution is -2.12. The summed E-state index contributed by atoms with van der Waals surface area (Å²) in [6.45, 7) is 0.476. The first-order chi connectivity index (χ1) is 10.0. The monoisotopic (exact) mass is 306 g/mol. The Kier molecular flexibility index (Phi) is 4.81. The maximum Gasteiger partial charge on any atom is 0.162 e. The Hall–Kier alpha value is -2.07. The number of hydrogen-bond acceptors (Lipinski definition) is 4. The van der Waals surface area contributed by atoms with Gasteiger partial charge < -0.3 is 20.1 Å². The minimum atomic E-state index is 0.154. The average molecular weight is 307 g/mol. The van der Waals surface area contributed by atoms with Crippen molar-refractivity contribution in [2.75, 3.05) is 31.4 Å². The molecule has 0 aliphatic rings. The molecule has 112 valence electrons. The highest BCUT2D eigenvalue weighted by Crippen LogP contribution is 2.34. The van der Waals surface area contributed by atoms with Crippen LogP contribution >= 0.6 is 11.6 Å². The zero-order valence-corrected chi connectivity index (χ0v) is 13.1. The van der Waals surface area contributed by atoms with E-state index in [0.29, 0.717) is 17.3 Å². The van der Waals surface area contributed by atoms with Crippen LogP contribution in [0, 0.1) is 0 Å². The lowest BCUT2D eigenvalue weighted by molar-refractivity contribution is 0.371. The maximum absolute atomic E-state index is 10.1. The molecule has 5 heteroatoms. The van der Waals surface area contributed by atoms with Gasteiger partial charge in [-0.15, -0.1) is 0 Å². The predicted octanol–water partition coefficient (Wildman–Crippen LogP) is 3.73. The molecule has 0 aliphatic heterocycles. The van der Waals surface area contributed by atoms with Gasteiger partial charge in [-0.25, -0.2) is 0 Å². The molecule has 0 heterocycles. The van der Waals surface area contributed by atoms with E-state index in [-0.39, 0.29) is 5.75 Å². The lowest BCUT2D eigenvalue weighted by atomic mass is 10.1. The summed E-state index contributed by atoms with van der Waals surface area (Å²) >= 11 is 6.23. The number of para-hydroxylation sites is 2. The normalized spacial score (nSPS) is 10.3. The summed E-state index contributed by atoms with van der Waals surface area (Å²) in [5.41, 5.74) is 2.59. The van der Waals surface area contributed by atoms with Gasteiger partial charge in [-0.2, -0.15) is 0 Å². The van der Waals surface area contributed by atoms with Crippen molar-refractivity contribution in [3.8, 4) is 11.5 Å². The molecule has 0 bridgehead atoms. The van der Waals surface area contributed by atoms with Gasteiger partial charge in [0.15, 0.2) is 11.5 Å². The van der Waals surface area contributed by atoms with Gasteiger partial charge in [0.2, 0.25) is 0 Å². The van der Waals surface area contributed by atoms with Gasteiger partial charge in [-0.1, -0.05) is 29.8 Å². The highest BCUT2D eigenvalue weighted by molar-refractivity contribution is 6.34. The molecule has 0 saturated carbocycles. The SMILES string of the molecule is COc1cccc(CNc2cccc(Cl)c2N(C)C)c1O. The van der Waals surface area contributed by atoms with Crippen LogP contribution in [0.1, 0.15) is 5.56 Å². The number of nitrogens with one attached hydrogen (secondary N) is 1. The molecule has 0 aromatic heterocycles. The van der Waals surface area contributed by atoms with Crippen LogP contribution in [0.15, 0.2) is 36.4 Å². The van der Waals surface area contributed by atoms with Gasteiger partial charge in [0.1, 0.15) is 0 Å². The van der Waals surface area contributed by atoms with Crippen molar-refractivity contribution in [2.24, 2.45) is 0 Å². The van der Waals surface area contributed by atoms with E-state index < -0.39 is 0 Å². The van der Waals surface area contributed by atoms with Gasteiger partial charge in [-0.3, -0.25) is 0 Å². The Morgan fingerprint density at radius 1 is 1.19 bits per heavy atom. The minimum absolute atomic E-state index is 0.154. The van der Waals surface area contributed by atoms with Crippen LogP contribution in [-0.2, 0) is 6.54 Å². The van der Waals surface area contributed by atoms with Gasteiger partial charge in [-0.05, 0) is 18.2 Å². The molecule has 0 amide bonds. The Morgan fingerprint density at radius 3 is 2.57 bits per heavy atom. The van der Waals surface area contributed by atoms with Crippen LogP contribution in [0.25, 0.3) is 0 Å². The van der Waals surface area contributed by atoms with Crippen molar-refractivity contribution in [3.05, 3.63) is 47.0 Å². The highest BCUT2D eigenvalue weighted by atomic mass is 35.5. The summed E-state index contributed by atoms with van der Waals surface area (Å²) in [4.78, 5) is 1.95. The van der Waals surface area contributed by atoms with Gasteiger partial charge in [0.25, 0.3) is 0 Å². The smallest absolute Gasteiger partial charge is 0.162 e. The second-order valence-corrected chi connectivity index (χ2v) is 5.26. The number of phenols is 1. The molecule has 0 saturated heterocycles. The number of anilines is 2. The van der Waals surface area contributed by atoms with Crippen molar-refractivity contribution >= 4 is 23.0 Å². The van der Waals surface area contributed by atoms with Gasteiger partial charge in [0.05, 0.1) is 23.5 Å². The molecule has 0 spiro atoms. The Bertz CT molecular complexity index is 630. The van der Waals surface area contributed by atoms with Crippen LogP contribution in [0.2, 0.25) is 5.02 Å². The molecule has 2 rings (SSSR count). The second kappa shape index (κ2) is 6.59. The third kappa shape index (κ3) is 3.34. The lowest BCUT2D eigenvalue weighted by Gasteiger charge is -2.20. The predicted molar refractivity (Wildman–Crippen MR) is 87.8 cm³/mol. The van der Waals surface area contributed by atoms with Gasteiger partial charge >= 0.3 is 0 Å². The summed E-state index contributed by atoms with van der Waals surface area (Å²) in [7, 11) is 5.41. The van der Waals surface area contributed by atoms with Crippen molar-refractivity contribution < 1.29 is 9.84 Å². The fourth-order valence-electron chi connectivity index (χ4n) is 2.18. The van der Waals surface area contributed by atoms with E-state index in [9.17, 15) is 5.11 Å². The highest BCUT2D eigenvalue weighted by Gasteiger charge is 2.11. The number of methoxy groups -OCH3 is 1. The zero-order valence-electron chi connectivity index (χ0n) is 12.4. The number of benzene rings is 2. The van der Waals surface area contributed by atoms with Crippen molar-refractivity contribution in [1.82, 2.24) is 0 Å². The number of halogens is 1. The third-order valence-electron chi connectivity index (χ3n) is 3.21. The van der Waals surface area contributed by atoms with E-state index in [4.69, 9.17) is 16.3 Å². The molecule has 0 atom stereocenters. The van der Waals surface area contributed by atoms with Crippen molar-refractivity contribution in [3.63, 3.8) is 0 Å². The average Bonchev–Trinajstić information content (AvgIpc) is 2.45. The summed E-state index contributed by atoms with van der Waals surface area (Å²) in [6, 6.07) is 11.1. The molecule has 2 aromatic carbocycles. The van der Waals surface area contributed by atoms with Crippen LogP contribution in [0.3, 0.4) is 0 Å². The first-order valence-corrected chi connectivity index (χ1v) is 6.97. The van der Waals surface area contributed by atoms with Gasteiger partial charge in [0, 0.05) is 26.2 Å². The van der Waals surface area contributed by atoms with E-state index in [1.54, 1.807) is 6.07 Å². The van der Waals surface area contributed by atoms with E-state index >= 15 is 0 Å². The summed E-state index contributed by atoms with van der Waals surface area (Å²) in [5.74, 6) is 0.620. The molecule has 2 aromatic rings. The number of phenolic OH excluding ortho intramolecular Hbond substituents is 1. The molecule has 0 aliphatic carbocycles. The van der Waals surface area contributed by atoms with E-state index in [2.05, 4.69) is 5.32 Å². The largest absolute Gasteiger partial charge is 0.504 e. The molecular formula is C16H19ClN2O2. The summed E-state index contributed by atoms with van der Waals surface area (Å²) < 4.78 is 5.11. The topological polar surface area (TPSA) is 44.7 Å². The van der Waals surface area contributed by atoms with Crippen LogP contribution < -0.4 is 15.0 Å². The Morgan fingerprint density at radius 2 is 1.90 bits per heavy atom. The number of hydrogen-bond donors (Lipinski definition) is 2. The number of ether oxygens (including phenoxy) is 1. The fraction of sp³-hybridized carbons (Fsp3) is 0.250. The second-order valence-electron chi connectivity index (χ2n) is 4.85. The minimum Gasteiger partial charge on any atom is -0.504 e.